The first-order chi connectivity index (χ1) is 8.09. The molecule has 88 valence electrons. The van der Waals surface area contributed by atoms with Crippen molar-refractivity contribution in [3.63, 3.8) is 0 Å². The lowest BCUT2D eigenvalue weighted by atomic mass is 10.2. The van der Waals surface area contributed by atoms with Gasteiger partial charge in [-0.25, -0.2) is 13.4 Å². The van der Waals surface area contributed by atoms with Crippen LogP contribution in [0.3, 0.4) is 0 Å². The van der Waals surface area contributed by atoms with Crippen molar-refractivity contribution in [3.05, 3.63) is 54.2 Å². The van der Waals surface area contributed by atoms with Gasteiger partial charge in [0.1, 0.15) is 0 Å². The van der Waals surface area contributed by atoms with Gasteiger partial charge >= 0.3 is 0 Å². The molecule has 0 fully saturated rings. The van der Waals surface area contributed by atoms with Gasteiger partial charge in [0.2, 0.25) is 9.84 Å². The van der Waals surface area contributed by atoms with Gasteiger partial charge in [-0.1, -0.05) is 30.3 Å². The lowest BCUT2D eigenvalue weighted by Gasteiger charge is -2.05. The number of pyridine rings is 1. The number of nitrogens with zero attached hydrogens (tertiary/aromatic N) is 1. The summed E-state index contributed by atoms with van der Waals surface area (Å²) < 4.78 is 24.0. The Hall–Kier alpha value is -1.88. The monoisotopic (exact) mass is 249 g/mol. The van der Waals surface area contributed by atoms with Crippen LogP contribution >= 0.6 is 0 Å². The van der Waals surface area contributed by atoms with Crippen LogP contribution in [-0.2, 0) is 15.6 Å². The molecule has 1 heterocycles. The van der Waals surface area contributed by atoms with E-state index in [-0.39, 0.29) is 16.5 Å². The van der Waals surface area contributed by atoms with E-state index in [1.165, 1.54) is 18.3 Å². The number of benzene rings is 1. The Morgan fingerprint density at radius 3 is 2.41 bits per heavy atom. The standard InChI is InChI=1S/C12H11NO3S/c14-11-7-4-8-13-12(11)17(15,16)9-10-5-2-1-3-6-10/h1-8,14H,9H2. The molecule has 0 unspecified atom stereocenters. The highest BCUT2D eigenvalue weighted by Gasteiger charge is 2.20. The summed E-state index contributed by atoms with van der Waals surface area (Å²) in [7, 11) is -3.61. The molecule has 1 N–H and O–H groups in total. The Kier molecular flexibility index (Phi) is 3.10. The van der Waals surface area contributed by atoms with Crippen LogP contribution in [0.25, 0.3) is 0 Å². The van der Waals surface area contributed by atoms with Gasteiger partial charge in [0.25, 0.3) is 0 Å². The molecule has 1 aromatic heterocycles. The molecular weight excluding hydrogens is 238 g/mol. The molecular formula is C12H11NO3S. The van der Waals surface area contributed by atoms with E-state index in [2.05, 4.69) is 4.98 Å². The second-order valence-corrected chi connectivity index (χ2v) is 5.48. The number of rotatable bonds is 3. The van der Waals surface area contributed by atoms with Crippen LogP contribution in [0.15, 0.2) is 53.7 Å². The first-order valence-electron chi connectivity index (χ1n) is 5.00. The lowest BCUT2D eigenvalue weighted by Crippen LogP contribution is -2.07. The molecule has 0 saturated heterocycles. The van der Waals surface area contributed by atoms with Gasteiger partial charge in [0.05, 0.1) is 5.75 Å². The maximum absolute atomic E-state index is 12.0. The predicted octanol–water partition coefficient (Wildman–Crippen LogP) is 1.76. The van der Waals surface area contributed by atoms with Crippen molar-refractivity contribution in [2.75, 3.05) is 0 Å². The zero-order valence-electron chi connectivity index (χ0n) is 8.95. The van der Waals surface area contributed by atoms with Gasteiger partial charge in [-0.3, -0.25) is 0 Å². The van der Waals surface area contributed by atoms with Crippen LogP contribution in [0.2, 0.25) is 0 Å². The SMILES string of the molecule is O=S(=O)(Cc1ccccc1)c1ncccc1O. The van der Waals surface area contributed by atoms with Crippen LogP contribution in [0.1, 0.15) is 5.56 Å². The third kappa shape index (κ3) is 2.62. The summed E-state index contributed by atoms with van der Waals surface area (Å²) in [6.07, 6.45) is 1.34. The van der Waals surface area contributed by atoms with Crippen molar-refractivity contribution in [2.45, 2.75) is 10.8 Å². The average Bonchev–Trinajstić information content (AvgIpc) is 2.30. The zero-order valence-corrected chi connectivity index (χ0v) is 9.76. The minimum absolute atomic E-state index is 0.168. The summed E-state index contributed by atoms with van der Waals surface area (Å²) >= 11 is 0. The van der Waals surface area contributed by atoms with Gasteiger partial charge in [0, 0.05) is 6.20 Å². The molecule has 2 rings (SSSR count). The molecule has 4 nitrogen and oxygen atoms in total. The van der Waals surface area contributed by atoms with Crippen molar-refractivity contribution in [1.82, 2.24) is 4.98 Å². The second-order valence-electron chi connectivity index (χ2n) is 3.57. The zero-order chi connectivity index (χ0) is 12.3. The topological polar surface area (TPSA) is 67.3 Å². The minimum atomic E-state index is -3.61. The van der Waals surface area contributed by atoms with Crippen molar-refractivity contribution < 1.29 is 13.5 Å². The third-order valence-corrected chi connectivity index (χ3v) is 3.86. The van der Waals surface area contributed by atoms with Crippen LogP contribution in [0.5, 0.6) is 5.75 Å². The van der Waals surface area contributed by atoms with E-state index in [0.717, 1.165) is 0 Å². The highest BCUT2D eigenvalue weighted by Crippen LogP contribution is 2.22. The summed E-state index contributed by atoms with van der Waals surface area (Å²) in [4.78, 5) is 3.71. The van der Waals surface area contributed by atoms with E-state index >= 15 is 0 Å². The first-order valence-corrected chi connectivity index (χ1v) is 6.65. The fourth-order valence-corrected chi connectivity index (χ4v) is 2.86. The molecule has 0 radical (unpaired) electrons. The van der Waals surface area contributed by atoms with Crippen LogP contribution in [0.4, 0.5) is 0 Å². The highest BCUT2D eigenvalue weighted by atomic mass is 32.2. The molecule has 0 spiro atoms. The molecule has 0 aliphatic rings. The van der Waals surface area contributed by atoms with Crippen molar-refractivity contribution in [2.24, 2.45) is 0 Å². The molecule has 0 aliphatic heterocycles. The van der Waals surface area contributed by atoms with Gasteiger partial charge in [-0.05, 0) is 17.7 Å². The van der Waals surface area contributed by atoms with Crippen molar-refractivity contribution >= 4 is 9.84 Å². The van der Waals surface area contributed by atoms with E-state index < -0.39 is 9.84 Å². The van der Waals surface area contributed by atoms with Crippen molar-refractivity contribution in [3.8, 4) is 5.75 Å². The summed E-state index contributed by atoms with van der Waals surface area (Å²) in [5.41, 5.74) is 0.664. The van der Waals surface area contributed by atoms with E-state index in [1.807, 2.05) is 6.07 Å². The normalized spacial score (nSPS) is 11.3. The summed E-state index contributed by atoms with van der Waals surface area (Å²) in [6.45, 7) is 0. The molecule has 1 aromatic carbocycles. The maximum Gasteiger partial charge on any atom is 0.203 e. The second kappa shape index (κ2) is 4.55. The summed E-state index contributed by atoms with van der Waals surface area (Å²) in [5.74, 6) is -0.485. The minimum Gasteiger partial charge on any atom is -0.505 e. The quantitative estimate of drug-likeness (QED) is 0.900. The predicted molar refractivity (Wildman–Crippen MR) is 63.2 cm³/mol. The molecule has 0 bridgehead atoms. The Morgan fingerprint density at radius 2 is 1.76 bits per heavy atom. The Balaban J connectivity index is 2.36. The molecule has 17 heavy (non-hydrogen) atoms. The van der Waals surface area contributed by atoms with E-state index in [1.54, 1.807) is 24.3 Å². The molecule has 0 aliphatic carbocycles. The van der Waals surface area contributed by atoms with Gasteiger partial charge in [-0.2, -0.15) is 0 Å². The Bertz CT molecular complexity index is 609. The van der Waals surface area contributed by atoms with E-state index in [0.29, 0.717) is 5.56 Å². The van der Waals surface area contributed by atoms with Crippen molar-refractivity contribution in [1.29, 1.82) is 0 Å². The fourth-order valence-electron chi connectivity index (χ4n) is 1.48. The smallest absolute Gasteiger partial charge is 0.203 e. The molecule has 0 atom stereocenters. The average molecular weight is 249 g/mol. The third-order valence-electron chi connectivity index (χ3n) is 2.25. The number of hydrogen-bond acceptors (Lipinski definition) is 4. The number of hydrogen-bond donors (Lipinski definition) is 1. The number of sulfone groups is 1. The molecule has 0 saturated carbocycles. The lowest BCUT2D eigenvalue weighted by molar-refractivity contribution is 0.452. The Morgan fingerprint density at radius 1 is 1.06 bits per heavy atom. The van der Waals surface area contributed by atoms with Crippen LogP contribution in [0, 0.1) is 0 Å². The first kappa shape index (κ1) is 11.6. The molecule has 0 amide bonds. The summed E-state index contributed by atoms with van der Waals surface area (Å²) in [5, 5.41) is 9.21. The van der Waals surface area contributed by atoms with Gasteiger partial charge in [-0.15, -0.1) is 0 Å². The van der Waals surface area contributed by atoms with Gasteiger partial charge < -0.3 is 5.11 Å². The van der Waals surface area contributed by atoms with Gasteiger partial charge in [0.15, 0.2) is 10.8 Å². The Labute approximate surface area is 99.5 Å². The van der Waals surface area contributed by atoms with E-state index in [9.17, 15) is 13.5 Å². The van der Waals surface area contributed by atoms with Crippen LogP contribution < -0.4 is 0 Å². The number of aromatic nitrogens is 1. The molecule has 5 heteroatoms. The summed E-state index contributed by atoms with van der Waals surface area (Å²) in [6, 6.07) is 11.6. The molecule has 2 aromatic rings. The maximum atomic E-state index is 12.0. The number of aromatic hydroxyl groups is 1. The van der Waals surface area contributed by atoms with E-state index in [4.69, 9.17) is 0 Å². The largest absolute Gasteiger partial charge is 0.505 e. The highest BCUT2D eigenvalue weighted by molar-refractivity contribution is 7.90. The fraction of sp³-hybridized carbons (Fsp3) is 0.0833. The van der Waals surface area contributed by atoms with Crippen LogP contribution in [-0.4, -0.2) is 18.5 Å².